The number of carboxylic acid groups (broad SMARTS) is 2. The lowest BCUT2D eigenvalue weighted by atomic mass is 10.1. The highest BCUT2D eigenvalue weighted by molar-refractivity contribution is 5.89. The van der Waals surface area contributed by atoms with E-state index in [1.54, 1.807) is 24.3 Å². The molecule has 0 aliphatic rings. The van der Waals surface area contributed by atoms with Gasteiger partial charge in [-0.15, -0.1) is 0 Å². The summed E-state index contributed by atoms with van der Waals surface area (Å²) in [5, 5.41) is 27.0. The number of hydrogen-bond acceptors (Lipinski definition) is 4. The maximum Gasteiger partial charge on any atom is 0.326 e. The van der Waals surface area contributed by atoms with E-state index < -0.39 is 30.6 Å². The van der Waals surface area contributed by atoms with Crippen molar-refractivity contribution >= 4 is 29.7 Å². The van der Waals surface area contributed by atoms with Gasteiger partial charge in [0.2, 0.25) is 0 Å². The number of benzene rings is 1. The first kappa shape index (κ1) is 20.7. The molecule has 1 rings (SSSR count). The molecule has 26 heavy (non-hydrogen) atoms. The Bertz CT molecular complexity index is 622. The third-order valence-corrected chi connectivity index (χ3v) is 3.24. The number of urea groups is 2. The van der Waals surface area contributed by atoms with Gasteiger partial charge in [-0.2, -0.15) is 0 Å². The van der Waals surface area contributed by atoms with Crippen molar-refractivity contribution in [3.63, 3.8) is 0 Å². The Morgan fingerprint density at radius 3 is 2.23 bits per heavy atom. The van der Waals surface area contributed by atoms with Crippen molar-refractivity contribution in [1.82, 2.24) is 16.0 Å². The average Bonchev–Trinajstić information content (AvgIpc) is 2.59. The molecule has 142 valence electrons. The van der Waals surface area contributed by atoms with Crippen LogP contribution in [0.2, 0.25) is 0 Å². The van der Waals surface area contributed by atoms with Crippen LogP contribution in [0.1, 0.15) is 19.3 Å². The first-order valence-corrected chi connectivity index (χ1v) is 7.97. The topological polar surface area (TPSA) is 157 Å². The molecule has 0 radical (unpaired) electrons. The summed E-state index contributed by atoms with van der Waals surface area (Å²) in [6, 6.07) is 6.55. The van der Waals surface area contributed by atoms with Crippen LogP contribution >= 0.6 is 0 Å². The van der Waals surface area contributed by atoms with Crippen molar-refractivity contribution in [1.29, 1.82) is 0 Å². The molecule has 1 aromatic carbocycles. The fourth-order valence-electron chi connectivity index (χ4n) is 1.99. The second-order valence-electron chi connectivity index (χ2n) is 5.35. The Morgan fingerprint density at radius 1 is 0.923 bits per heavy atom. The molecule has 1 aromatic rings. The SMILES string of the molecule is O=C(O)CNC(=O)N[C@@H](CCCCNC(=O)Nc1ccccc1)C(=O)O. The molecule has 0 aliphatic heterocycles. The van der Waals surface area contributed by atoms with E-state index >= 15 is 0 Å². The van der Waals surface area contributed by atoms with Crippen LogP contribution in [0.25, 0.3) is 0 Å². The highest BCUT2D eigenvalue weighted by Gasteiger charge is 2.19. The third kappa shape index (κ3) is 9.11. The molecule has 0 aromatic heterocycles. The molecule has 10 heteroatoms. The zero-order chi connectivity index (χ0) is 19.4. The van der Waals surface area contributed by atoms with Crippen molar-refractivity contribution < 1.29 is 29.4 Å². The average molecular weight is 366 g/mol. The lowest BCUT2D eigenvalue weighted by Crippen LogP contribution is -2.47. The van der Waals surface area contributed by atoms with Gasteiger partial charge in [-0.05, 0) is 31.4 Å². The molecular weight excluding hydrogens is 344 g/mol. The van der Waals surface area contributed by atoms with E-state index in [0.29, 0.717) is 25.1 Å². The van der Waals surface area contributed by atoms with E-state index in [2.05, 4.69) is 16.0 Å². The van der Waals surface area contributed by atoms with Gasteiger partial charge in [-0.25, -0.2) is 14.4 Å². The first-order chi connectivity index (χ1) is 12.4. The van der Waals surface area contributed by atoms with Gasteiger partial charge in [0.25, 0.3) is 0 Å². The minimum atomic E-state index is -1.23. The number of amides is 4. The number of rotatable bonds is 10. The zero-order valence-electron chi connectivity index (χ0n) is 14.0. The van der Waals surface area contributed by atoms with Gasteiger partial charge < -0.3 is 31.5 Å². The van der Waals surface area contributed by atoms with Crippen LogP contribution in [0.5, 0.6) is 0 Å². The predicted molar refractivity (Wildman–Crippen MR) is 92.9 cm³/mol. The monoisotopic (exact) mass is 366 g/mol. The van der Waals surface area contributed by atoms with Gasteiger partial charge in [-0.3, -0.25) is 4.79 Å². The standard InChI is InChI=1S/C16H22N4O6/c21-13(22)10-18-16(26)20-12(14(23)24)8-4-5-9-17-15(25)19-11-6-2-1-3-7-11/h1-3,6-7,12H,4-5,8-10H2,(H,21,22)(H,23,24)(H2,17,19,25)(H2,18,20,26)/t12-/m0/s1. The lowest BCUT2D eigenvalue weighted by molar-refractivity contribution is -0.139. The molecule has 6 N–H and O–H groups in total. The molecule has 0 bridgehead atoms. The van der Waals surface area contributed by atoms with E-state index in [0.717, 1.165) is 0 Å². The molecule has 0 unspecified atom stereocenters. The second kappa shape index (κ2) is 11.3. The summed E-state index contributed by atoms with van der Waals surface area (Å²) in [4.78, 5) is 44.5. The van der Waals surface area contributed by atoms with Gasteiger partial charge in [-0.1, -0.05) is 18.2 Å². The quantitative estimate of drug-likeness (QED) is 0.337. The van der Waals surface area contributed by atoms with Crippen LogP contribution < -0.4 is 21.3 Å². The minimum Gasteiger partial charge on any atom is -0.480 e. The summed E-state index contributed by atoms with van der Waals surface area (Å²) in [5.41, 5.74) is 0.660. The molecular formula is C16H22N4O6. The van der Waals surface area contributed by atoms with Crippen LogP contribution in [-0.4, -0.2) is 53.3 Å². The Morgan fingerprint density at radius 2 is 1.62 bits per heavy atom. The number of anilines is 1. The first-order valence-electron chi connectivity index (χ1n) is 7.97. The van der Waals surface area contributed by atoms with E-state index in [1.807, 2.05) is 11.4 Å². The van der Waals surface area contributed by atoms with E-state index in [1.165, 1.54) is 0 Å². The number of carbonyl (C=O) groups excluding carboxylic acids is 2. The highest BCUT2D eigenvalue weighted by Crippen LogP contribution is 2.04. The number of para-hydroxylation sites is 1. The summed E-state index contributed by atoms with van der Waals surface area (Å²) >= 11 is 0. The molecule has 0 saturated carbocycles. The van der Waals surface area contributed by atoms with Crippen molar-refractivity contribution in [2.24, 2.45) is 0 Å². The molecule has 1 atom stereocenters. The molecule has 0 heterocycles. The molecule has 4 amide bonds. The third-order valence-electron chi connectivity index (χ3n) is 3.24. The molecule has 10 nitrogen and oxygen atoms in total. The second-order valence-corrected chi connectivity index (χ2v) is 5.35. The number of nitrogens with one attached hydrogen (secondary N) is 4. The summed E-state index contributed by atoms with van der Waals surface area (Å²) in [5.74, 6) is -2.45. The summed E-state index contributed by atoms with van der Waals surface area (Å²) in [7, 11) is 0. The maximum atomic E-state index is 11.7. The Balaban J connectivity index is 2.22. The van der Waals surface area contributed by atoms with Crippen LogP contribution in [-0.2, 0) is 9.59 Å². The molecule has 0 saturated heterocycles. The zero-order valence-corrected chi connectivity index (χ0v) is 14.0. The number of aliphatic carboxylic acids is 2. The van der Waals surface area contributed by atoms with Gasteiger partial charge >= 0.3 is 24.0 Å². The van der Waals surface area contributed by atoms with E-state index in [4.69, 9.17) is 10.2 Å². The highest BCUT2D eigenvalue weighted by atomic mass is 16.4. The smallest absolute Gasteiger partial charge is 0.326 e. The van der Waals surface area contributed by atoms with E-state index in [9.17, 15) is 19.2 Å². The normalized spacial score (nSPS) is 11.1. The number of carboxylic acids is 2. The van der Waals surface area contributed by atoms with Gasteiger partial charge in [0.1, 0.15) is 12.6 Å². The fraction of sp³-hybridized carbons (Fsp3) is 0.375. The van der Waals surface area contributed by atoms with Gasteiger partial charge in [0.15, 0.2) is 0 Å². The fourth-order valence-corrected chi connectivity index (χ4v) is 1.99. The van der Waals surface area contributed by atoms with Crippen LogP contribution in [0, 0.1) is 0 Å². The molecule has 0 spiro atoms. The Hall–Kier alpha value is -3.30. The van der Waals surface area contributed by atoms with E-state index in [-0.39, 0.29) is 12.5 Å². The largest absolute Gasteiger partial charge is 0.480 e. The van der Waals surface area contributed by atoms with Gasteiger partial charge in [0.05, 0.1) is 0 Å². The minimum absolute atomic E-state index is 0.151. The van der Waals surface area contributed by atoms with Crippen molar-refractivity contribution in [3.8, 4) is 0 Å². The maximum absolute atomic E-state index is 11.7. The van der Waals surface area contributed by atoms with Crippen LogP contribution in [0.4, 0.5) is 15.3 Å². The summed E-state index contributed by atoms with van der Waals surface area (Å²) in [6.45, 7) is -0.255. The van der Waals surface area contributed by atoms with Crippen LogP contribution in [0.15, 0.2) is 30.3 Å². The predicted octanol–water partition coefficient (Wildman–Crippen LogP) is 0.815. The van der Waals surface area contributed by atoms with Gasteiger partial charge in [0, 0.05) is 12.2 Å². The van der Waals surface area contributed by atoms with Crippen molar-refractivity contribution in [3.05, 3.63) is 30.3 Å². The molecule has 0 fully saturated rings. The molecule has 0 aliphatic carbocycles. The van der Waals surface area contributed by atoms with Crippen molar-refractivity contribution in [2.75, 3.05) is 18.4 Å². The number of unbranched alkanes of at least 4 members (excludes halogenated alkanes) is 1. The lowest BCUT2D eigenvalue weighted by Gasteiger charge is -2.14. The van der Waals surface area contributed by atoms with Crippen molar-refractivity contribution in [2.45, 2.75) is 25.3 Å². The Labute approximate surface area is 150 Å². The summed E-state index contributed by atoms with van der Waals surface area (Å²) in [6.07, 6.45) is 1.12. The number of carbonyl (C=O) groups is 4. The summed E-state index contributed by atoms with van der Waals surface area (Å²) < 4.78 is 0. The Kier molecular flexibility index (Phi) is 9.01. The number of hydrogen-bond donors (Lipinski definition) is 6. The van der Waals surface area contributed by atoms with Crippen LogP contribution in [0.3, 0.4) is 0 Å².